The predicted octanol–water partition coefficient (Wildman–Crippen LogP) is 3.12. The van der Waals surface area contributed by atoms with Crippen LogP contribution in [0.25, 0.3) is 0 Å². The van der Waals surface area contributed by atoms with E-state index in [1.807, 2.05) is 0 Å². The number of carboxylic acid groups (broad SMARTS) is 1. The quantitative estimate of drug-likeness (QED) is 0.883. The lowest BCUT2D eigenvalue weighted by molar-refractivity contribution is -0.154. The predicted molar refractivity (Wildman–Crippen MR) is 60.9 cm³/mol. The summed E-state index contributed by atoms with van der Waals surface area (Å²) in [5.74, 6) is -0.311. The molecule has 1 aromatic carbocycles. The second-order valence-electron chi connectivity index (χ2n) is 4.06. The van der Waals surface area contributed by atoms with E-state index in [2.05, 4.69) is 0 Å². The fourth-order valence-electron chi connectivity index (χ4n) is 2.03. The summed E-state index contributed by atoms with van der Waals surface area (Å²) in [6, 6.07) is 6.79. The molecule has 1 aliphatic carbocycles. The molecular formula is C12H13ClO3. The molecule has 0 bridgehead atoms. The molecule has 3 nitrogen and oxygen atoms in total. The number of benzene rings is 1. The van der Waals surface area contributed by atoms with Crippen LogP contribution in [-0.2, 0) is 4.79 Å². The summed E-state index contributed by atoms with van der Waals surface area (Å²) in [7, 11) is 0. The second kappa shape index (κ2) is 4.34. The van der Waals surface area contributed by atoms with Gasteiger partial charge in [0.25, 0.3) is 0 Å². The Kier molecular flexibility index (Phi) is 3.06. The van der Waals surface area contributed by atoms with Crippen molar-refractivity contribution < 1.29 is 14.6 Å². The lowest BCUT2D eigenvalue weighted by Crippen LogP contribution is -2.41. The van der Waals surface area contributed by atoms with E-state index in [4.69, 9.17) is 16.3 Å². The third kappa shape index (κ3) is 2.14. The first kappa shape index (κ1) is 11.3. The van der Waals surface area contributed by atoms with Gasteiger partial charge in [-0.05, 0) is 49.9 Å². The summed E-state index contributed by atoms with van der Waals surface area (Å²) in [4.78, 5) is 11.2. The molecule has 0 heterocycles. The Labute approximate surface area is 99.0 Å². The van der Waals surface area contributed by atoms with Crippen LogP contribution in [0.4, 0.5) is 0 Å². The standard InChI is InChI=1S/C12H13ClO3/c13-9-3-5-10(6-4-9)16-12(11(14)15)7-1-2-8-12/h3-6H,1-2,7-8H2,(H,14,15). The van der Waals surface area contributed by atoms with E-state index in [0.29, 0.717) is 23.6 Å². The molecule has 1 aromatic rings. The zero-order valence-electron chi connectivity index (χ0n) is 8.78. The SMILES string of the molecule is O=C(O)C1(Oc2ccc(Cl)cc2)CCCC1. The van der Waals surface area contributed by atoms with Gasteiger partial charge >= 0.3 is 5.97 Å². The van der Waals surface area contributed by atoms with Crippen molar-refractivity contribution in [2.45, 2.75) is 31.3 Å². The highest BCUT2D eigenvalue weighted by atomic mass is 35.5. The Morgan fingerprint density at radius 2 is 1.81 bits per heavy atom. The van der Waals surface area contributed by atoms with Crippen molar-refractivity contribution in [2.75, 3.05) is 0 Å². The molecule has 86 valence electrons. The zero-order chi connectivity index (χ0) is 11.6. The van der Waals surface area contributed by atoms with Gasteiger partial charge in [-0.1, -0.05) is 11.6 Å². The Balaban J connectivity index is 2.18. The minimum absolute atomic E-state index is 0.564. The molecule has 4 heteroatoms. The molecule has 0 saturated heterocycles. The Hall–Kier alpha value is -1.22. The minimum atomic E-state index is -1.03. The van der Waals surface area contributed by atoms with Crippen molar-refractivity contribution >= 4 is 17.6 Å². The maximum absolute atomic E-state index is 11.2. The molecule has 1 aliphatic rings. The monoisotopic (exact) mass is 240 g/mol. The number of carboxylic acids is 1. The molecule has 1 fully saturated rings. The van der Waals surface area contributed by atoms with E-state index in [0.717, 1.165) is 12.8 Å². The highest BCUT2D eigenvalue weighted by molar-refractivity contribution is 6.30. The number of aliphatic carboxylic acids is 1. The minimum Gasteiger partial charge on any atom is -0.478 e. The topological polar surface area (TPSA) is 46.5 Å². The third-order valence-corrected chi connectivity index (χ3v) is 3.18. The van der Waals surface area contributed by atoms with Crippen molar-refractivity contribution in [2.24, 2.45) is 0 Å². The van der Waals surface area contributed by atoms with Crippen LogP contribution in [-0.4, -0.2) is 16.7 Å². The maximum Gasteiger partial charge on any atom is 0.348 e. The van der Waals surface area contributed by atoms with Crippen LogP contribution in [0.1, 0.15) is 25.7 Å². The average Bonchev–Trinajstić information content (AvgIpc) is 2.71. The third-order valence-electron chi connectivity index (χ3n) is 2.93. The first-order chi connectivity index (χ1) is 7.62. The number of ether oxygens (including phenoxy) is 1. The van der Waals surface area contributed by atoms with Crippen molar-refractivity contribution in [1.82, 2.24) is 0 Å². The van der Waals surface area contributed by atoms with E-state index in [-0.39, 0.29) is 0 Å². The number of halogens is 1. The van der Waals surface area contributed by atoms with Crippen LogP contribution in [0.15, 0.2) is 24.3 Å². The van der Waals surface area contributed by atoms with Crippen molar-refractivity contribution in [1.29, 1.82) is 0 Å². The van der Waals surface area contributed by atoms with Gasteiger partial charge in [-0.3, -0.25) is 0 Å². The summed E-state index contributed by atoms with van der Waals surface area (Å²) in [5, 5.41) is 9.84. The number of hydrogen-bond donors (Lipinski definition) is 1. The highest BCUT2D eigenvalue weighted by Crippen LogP contribution is 2.35. The molecule has 0 unspecified atom stereocenters. The molecule has 0 amide bonds. The molecule has 0 aliphatic heterocycles. The van der Waals surface area contributed by atoms with Crippen LogP contribution in [0.2, 0.25) is 5.02 Å². The van der Waals surface area contributed by atoms with E-state index in [9.17, 15) is 9.90 Å². The van der Waals surface area contributed by atoms with Gasteiger partial charge in [0, 0.05) is 5.02 Å². The fraction of sp³-hybridized carbons (Fsp3) is 0.417. The molecule has 0 aromatic heterocycles. The van der Waals surface area contributed by atoms with Crippen LogP contribution in [0.3, 0.4) is 0 Å². The van der Waals surface area contributed by atoms with Gasteiger partial charge in [0.2, 0.25) is 5.60 Å². The molecule has 16 heavy (non-hydrogen) atoms. The molecule has 0 atom stereocenters. The molecule has 1 N–H and O–H groups in total. The van der Waals surface area contributed by atoms with Gasteiger partial charge in [0.1, 0.15) is 5.75 Å². The van der Waals surface area contributed by atoms with Gasteiger partial charge < -0.3 is 9.84 Å². The summed E-state index contributed by atoms with van der Waals surface area (Å²) in [5.41, 5.74) is -1.03. The first-order valence-electron chi connectivity index (χ1n) is 5.30. The largest absolute Gasteiger partial charge is 0.478 e. The lowest BCUT2D eigenvalue weighted by Gasteiger charge is -2.25. The normalized spacial score (nSPS) is 18.3. The molecule has 0 radical (unpaired) electrons. The number of rotatable bonds is 3. The maximum atomic E-state index is 11.2. The fourth-order valence-corrected chi connectivity index (χ4v) is 2.16. The average molecular weight is 241 g/mol. The molecule has 1 saturated carbocycles. The van der Waals surface area contributed by atoms with Crippen LogP contribution < -0.4 is 4.74 Å². The Bertz CT molecular complexity index is 380. The van der Waals surface area contributed by atoms with Crippen LogP contribution in [0.5, 0.6) is 5.75 Å². The van der Waals surface area contributed by atoms with Crippen LogP contribution >= 0.6 is 11.6 Å². The zero-order valence-corrected chi connectivity index (χ0v) is 9.54. The summed E-state index contributed by atoms with van der Waals surface area (Å²) in [6.45, 7) is 0. The summed E-state index contributed by atoms with van der Waals surface area (Å²) >= 11 is 5.75. The lowest BCUT2D eigenvalue weighted by atomic mass is 10.0. The van der Waals surface area contributed by atoms with E-state index < -0.39 is 11.6 Å². The second-order valence-corrected chi connectivity index (χ2v) is 4.50. The summed E-state index contributed by atoms with van der Waals surface area (Å²) in [6.07, 6.45) is 2.95. The highest BCUT2D eigenvalue weighted by Gasteiger charge is 2.43. The summed E-state index contributed by atoms with van der Waals surface area (Å²) < 4.78 is 5.62. The Morgan fingerprint density at radius 1 is 1.25 bits per heavy atom. The van der Waals surface area contributed by atoms with Crippen molar-refractivity contribution in [3.05, 3.63) is 29.3 Å². The Morgan fingerprint density at radius 3 is 2.31 bits per heavy atom. The molecular weight excluding hydrogens is 228 g/mol. The smallest absolute Gasteiger partial charge is 0.348 e. The molecule has 2 rings (SSSR count). The van der Waals surface area contributed by atoms with Gasteiger partial charge in [-0.15, -0.1) is 0 Å². The van der Waals surface area contributed by atoms with Gasteiger partial charge in [0.15, 0.2) is 0 Å². The van der Waals surface area contributed by atoms with Gasteiger partial charge in [-0.2, -0.15) is 0 Å². The first-order valence-corrected chi connectivity index (χ1v) is 5.68. The van der Waals surface area contributed by atoms with Gasteiger partial charge in [0.05, 0.1) is 0 Å². The van der Waals surface area contributed by atoms with E-state index in [1.165, 1.54) is 0 Å². The van der Waals surface area contributed by atoms with Crippen molar-refractivity contribution in [3.8, 4) is 5.75 Å². The molecule has 0 spiro atoms. The van der Waals surface area contributed by atoms with Crippen molar-refractivity contribution in [3.63, 3.8) is 0 Å². The van der Waals surface area contributed by atoms with E-state index >= 15 is 0 Å². The van der Waals surface area contributed by atoms with Gasteiger partial charge in [-0.25, -0.2) is 4.79 Å². The number of hydrogen-bond acceptors (Lipinski definition) is 2. The number of carbonyl (C=O) groups is 1. The van der Waals surface area contributed by atoms with Crippen LogP contribution in [0, 0.1) is 0 Å². The van der Waals surface area contributed by atoms with E-state index in [1.54, 1.807) is 24.3 Å².